The van der Waals surface area contributed by atoms with E-state index in [2.05, 4.69) is 26.0 Å². The second kappa shape index (κ2) is 7.44. The van der Waals surface area contributed by atoms with E-state index in [-0.39, 0.29) is 12.4 Å². The second-order valence-electron chi connectivity index (χ2n) is 4.99. The fourth-order valence-corrected chi connectivity index (χ4v) is 2.50. The molecule has 0 N–H and O–H groups in total. The van der Waals surface area contributed by atoms with Gasteiger partial charge in [0.15, 0.2) is 11.6 Å². The molecule has 3 rings (SSSR count). The fraction of sp³-hybridized carbons (Fsp3) is 0.176. The van der Waals surface area contributed by atoms with Crippen molar-refractivity contribution in [2.24, 2.45) is 7.05 Å². The summed E-state index contributed by atoms with van der Waals surface area (Å²) in [7, 11) is 1.85. The van der Waals surface area contributed by atoms with E-state index in [4.69, 9.17) is 9.47 Å². The Hall–Kier alpha value is -2.41. The molecule has 1 aromatic carbocycles. The molecular weight excluding hydrogens is 377 g/mol. The van der Waals surface area contributed by atoms with Crippen LogP contribution in [0.5, 0.6) is 11.5 Å². The quantitative estimate of drug-likeness (QED) is 0.599. The van der Waals surface area contributed by atoms with Gasteiger partial charge in [0.05, 0.1) is 11.4 Å². The lowest BCUT2D eigenvalue weighted by molar-refractivity contribution is 0.211. The molecule has 0 unspecified atom stereocenters. The lowest BCUT2D eigenvalue weighted by Gasteiger charge is -2.10. The SMILES string of the molecule is Cn1nccc1-c1cc(OCCOc2ccc(Br)cc2F)ccn1. The van der Waals surface area contributed by atoms with E-state index in [1.54, 1.807) is 35.3 Å². The summed E-state index contributed by atoms with van der Waals surface area (Å²) in [6.07, 6.45) is 3.39. The molecule has 2 heterocycles. The third-order valence-electron chi connectivity index (χ3n) is 3.32. The number of hydrogen-bond donors (Lipinski definition) is 0. The minimum atomic E-state index is -0.410. The van der Waals surface area contributed by atoms with Crippen molar-refractivity contribution in [2.45, 2.75) is 0 Å². The Balaban J connectivity index is 1.56. The Morgan fingerprint density at radius 3 is 2.67 bits per heavy atom. The van der Waals surface area contributed by atoms with Crippen LogP contribution in [0.25, 0.3) is 11.4 Å². The highest BCUT2D eigenvalue weighted by molar-refractivity contribution is 9.10. The molecule has 0 fully saturated rings. The van der Waals surface area contributed by atoms with Gasteiger partial charge in [0.2, 0.25) is 0 Å². The van der Waals surface area contributed by atoms with Gasteiger partial charge in [-0.15, -0.1) is 0 Å². The third kappa shape index (κ3) is 3.91. The molecule has 3 aromatic rings. The molecule has 0 radical (unpaired) electrons. The first kappa shape index (κ1) is 16.4. The smallest absolute Gasteiger partial charge is 0.166 e. The van der Waals surface area contributed by atoms with Gasteiger partial charge in [-0.1, -0.05) is 15.9 Å². The van der Waals surface area contributed by atoms with Crippen LogP contribution in [-0.2, 0) is 7.05 Å². The van der Waals surface area contributed by atoms with Crippen molar-refractivity contribution in [2.75, 3.05) is 13.2 Å². The van der Waals surface area contributed by atoms with Crippen LogP contribution in [0.15, 0.2) is 53.3 Å². The van der Waals surface area contributed by atoms with Crippen molar-refractivity contribution in [1.82, 2.24) is 14.8 Å². The molecule has 0 aliphatic rings. The Bertz CT molecular complexity index is 838. The van der Waals surface area contributed by atoms with Crippen LogP contribution in [0, 0.1) is 5.82 Å². The van der Waals surface area contributed by atoms with Crippen LogP contribution < -0.4 is 9.47 Å². The van der Waals surface area contributed by atoms with Gasteiger partial charge in [0, 0.05) is 30.0 Å². The van der Waals surface area contributed by atoms with Crippen LogP contribution in [0.2, 0.25) is 0 Å². The van der Waals surface area contributed by atoms with Gasteiger partial charge in [0.25, 0.3) is 0 Å². The zero-order chi connectivity index (χ0) is 16.9. The molecule has 0 atom stereocenters. The number of ether oxygens (including phenoxy) is 2. The van der Waals surface area contributed by atoms with Crippen LogP contribution >= 0.6 is 15.9 Å². The third-order valence-corrected chi connectivity index (χ3v) is 3.81. The summed E-state index contributed by atoms with van der Waals surface area (Å²) in [4.78, 5) is 4.31. The highest BCUT2D eigenvalue weighted by atomic mass is 79.9. The summed E-state index contributed by atoms with van der Waals surface area (Å²) in [5.74, 6) is 0.458. The van der Waals surface area contributed by atoms with Crippen molar-refractivity contribution < 1.29 is 13.9 Å². The van der Waals surface area contributed by atoms with Gasteiger partial charge in [-0.2, -0.15) is 5.10 Å². The summed E-state index contributed by atoms with van der Waals surface area (Å²) >= 11 is 3.20. The Kier molecular flexibility index (Phi) is 5.10. The fourth-order valence-electron chi connectivity index (χ4n) is 2.17. The Morgan fingerprint density at radius 1 is 1.08 bits per heavy atom. The van der Waals surface area contributed by atoms with Gasteiger partial charge in [-0.05, 0) is 30.3 Å². The van der Waals surface area contributed by atoms with Gasteiger partial charge in [-0.25, -0.2) is 4.39 Å². The standard InChI is InChI=1S/C17H15BrFN3O2/c1-22-16(5-7-21-22)15-11-13(4-6-20-15)23-8-9-24-17-3-2-12(18)10-14(17)19/h2-7,10-11H,8-9H2,1H3. The number of rotatable bonds is 6. The van der Waals surface area contributed by atoms with Crippen molar-refractivity contribution >= 4 is 15.9 Å². The number of hydrogen-bond acceptors (Lipinski definition) is 4. The molecule has 124 valence electrons. The number of halogens is 2. The zero-order valence-electron chi connectivity index (χ0n) is 12.9. The van der Waals surface area contributed by atoms with Gasteiger partial charge >= 0.3 is 0 Å². The minimum Gasteiger partial charge on any atom is -0.490 e. The van der Waals surface area contributed by atoms with E-state index < -0.39 is 5.82 Å². The Morgan fingerprint density at radius 2 is 1.92 bits per heavy atom. The molecule has 0 aliphatic carbocycles. The lowest BCUT2D eigenvalue weighted by atomic mass is 10.2. The van der Waals surface area contributed by atoms with E-state index in [1.165, 1.54) is 6.07 Å². The van der Waals surface area contributed by atoms with Crippen LogP contribution in [0.3, 0.4) is 0 Å². The molecule has 0 amide bonds. The van der Waals surface area contributed by atoms with E-state index in [1.807, 2.05) is 19.2 Å². The molecular formula is C17H15BrFN3O2. The molecule has 0 saturated carbocycles. The number of aromatic nitrogens is 3. The maximum atomic E-state index is 13.6. The van der Waals surface area contributed by atoms with Crippen LogP contribution in [-0.4, -0.2) is 28.0 Å². The lowest BCUT2D eigenvalue weighted by Crippen LogP contribution is -2.10. The largest absolute Gasteiger partial charge is 0.490 e. The average Bonchev–Trinajstić information content (AvgIpc) is 2.99. The van der Waals surface area contributed by atoms with Crippen LogP contribution in [0.4, 0.5) is 4.39 Å². The molecule has 2 aromatic heterocycles. The molecule has 0 spiro atoms. The first-order valence-electron chi connectivity index (χ1n) is 7.28. The summed E-state index contributed by atoms with van der Waals surface area (Å²) in [6, 6.07) is 10.1. The molecule has 24 heavy (non-hydrogen) atoms. The molecule has 0 aliphatic heterocycles. The number of benzene rings is 1. The van der Waals surface area contributed by atoms with Gasteiger partial charge < -0.3 is 9.47 Å². The van der Waals surface area contributed by atoms with E-state index in [9.17, 15) is 4.39 Å². The summed E-state index contributed by atoms with van der Waals surface area (Å²) < 4.78 is 27.1. The number of aryl methyl sites for hydroxylation is 1. The predicted octanol–water partition coefficient (Wildman–Crippen LogP) is 3.84. The number of pyridine rings is 1. The summed E-state index contributed by atoms with van der Waals surface area (Å²) in [5.41, 5.74) is 1.67. The molecule has 0 saturated heterocycles. The van der Waals surface area contributed by atoms with E-state index in [0.29, 0.717) is 16.8 Å². The maximum Gasteiger partial charge on any atom is 0.166 e. The monoisotopic (exact) mass is 391 g/mol. The summed E-state index contributed by atoms with van der Waals surface area (Å²) in [6.45, 7) is 0.534. The second-order valence-corrected chi connectivity index (χ2v) is 5.90. The van der Waals surface area contributed by atoms with Crippen molar-refractivity contribution in [3.8, 4) is 22.9 Å². The molecule has 5 nitrogen and oxygen atoms in total. The van der Waals surface area contributed by atoms with Crippen molar-refractivity contribution in [3.05, 3.63) is 59.1 Å². The maximum absolute atomic E-state index is 13.6. The van der Waals surface area contributed by atoms with Gasteiger partial charge in [-0.3, -0.25) is 9.67 Å². The van der Waals surface area contributed by atoms with Gasteiger partial charge in [0.1, 0.15) is 19.0 Å². The first-order chi connectivity index (χ1) is 11.6. The predicted molar refractivity (Wildman–Crippen MR) is 91.5 cm³/mol. The van der Waals surface area contributed by atoms with E-state index in [0.717, 1.165) is 11.4 Å². The molecule has 0 bridgehead atoms. The minimum absolute atomic E-state index is 0.201. The highest BCUT2D eigenvalue weighted by Gasteiger charge is 2.06. The van der Waals surface area contributed by atoms with Crippen molar-refractivity contribution in [1.29, 1.82) is 0 Å². The highest BCUT2D eigenvalue weighted by Crippen LogP contribution is 2.22. The normalized spacial score (nSPS) is 10.6. The Labute approximate surface area is 147 Å². The number of nitrogens with zero attached hydrogens (tertiary/aromatic N) is 3. The van der Waals surface area contributed by atoms with Crippen LogP contribution in [0.1, 0.15) is 0 Å². The van der Waals surface area contributed by atoms with Crippen molar-refractivity contribution in [3.63, 3.8) is 0 Å². The topological polar surface area (TPSA) is 49.2 Å². The average molecular weight is 392 g/mol. The van der Waals surface area contributed by atoms with E-state index >= 15 is 0 Å². The first-order valence-corrected chi connectivity index (χ1v) is 8.08. The zero-order valence-corrected chi connectivity index (χ0v) is 14.5. The molecule has 7 heteroatoms. The summed E-state index contributed by atoms with van der Waals surface area (Å²) in [5, 5.41) is 4.12.